The van der Waals surface area contributed by atoms with E-state index in [0.717, 1.165) is 38.3 Å². The summed E-state index contributed by atoms with van der Waals surface area (Å²) < 4.78 is 1.61. The van der Waals surface area contributed by atoms with Crippen molar-refractivity contribution in [3.8, 4) is 10.4 Å². The third kappa shape index (κ3) is 3.30. The number of thiophene rings is 1. The second kappa shape index (κ2) is 6.93. The molecule has 0 aliphatic carbocycles. The van der Waals surface area contributed by atoms with Gasteiger partial charge >= 0.3 is 0 Å². The highest BCUT2D eigenvalue weighted by Gasteiger charge is 2.16. The standard InChI is InChI=1S/C21H18ClN3OS/c1-12-9-18(27-11-12)15-10-19(26)25(2)17-8-7-16(24-21(15)17)20(23)13-3-5-14(22)6-4-13/h3-11,20H,23H2,1-2H3. The van der Waals surface area contributed by atoms with Gasteiger partial charge in [0.1, 0.15) is 0 Å². The summed E-state index contributed by atoms with van der Waals surface area (Å²) in [5.41, 5.74) is 11.6. The first-order chi connectivity index (χ1) is 12.9. The van der Waals surface area contributed by atoms with E-state index < -0.39 is 0 Å². The molecule has 1 atom stereocenters. The molecule has 1 unspecified atom stereocenters. The lowest BCUT2D eigenvalue weighted by Crippen LogP contribution is -2.18. The number of halogens is 1. The lowest BCUT2D eigenvalue weighted by molar-refractivity contribution is 0.831. The maximum absolute atomic E-state index is 12.4. The molecule has 0 radical (unpaired) electrons. The van der Waals surface area contributed by atoms with Crippen molar-refractivity contribution in [3.05, 3.63) is 86.1 Å². The lowest BCUT2D eigenvalue weighted by Gasteiger charge is -2.15. The Kier molecular flexibility index (Phi) is 4.60. The van der Waals surface area contributed by atoms with Crippen LogP contribution in [0.3, 0.4) is 0 Å². The van der Waals surface area contributed by atoms with Gasteiger partial charge in [-0.2, -0.15) is 0 Å². The van der Waals surface area contributed by atoms with E-state index in [2.05, 4.69) is 11.4 Å². The fraction of sp³-hybridized carbons (Fsp3) is 0.143. The molecule has 1 aromatic carbocycles. The molecule has 0 amide bonds. The van der Waals surface area contributed by atoms with E-state index in [1.165, 1.54) is 0 Å². The smallest absolute Gasteiger partial charge is 0.251 e. The van der Waals surface area contributed by atoms with Crippen LogP contribution in [-0.4, -0.2) is 9.55 Å². The average Bonchev–Trinajstić information content (AvgIpc) is 3.10. The van der Waals surface area contributed by atoms with Crippen LogP contribution in [0.1, 0.15) is 22.9 Å². The Balaban J connectivity index is 1.91. The minimum atomic E-state index is -0.373. The molecule has 0 bridgehead atoms. The number of aryl methyl sites for hydroxylation is 2. The van der Waals surface area contributed by atoms with Crippen molar-refractivity contribution >= 4 is 34.0 Å². The van der Waals surface area contributed by atoms with Gasteiger partial charge in [-0.3, -0.25) is 4.79 Å². The highest BCUT2D eigenvalue weighted by atomic mass is 35.5. The molecule has 4 aromatic rings. The van der Waals surface area contributed by atoms with Crippen LogP contribution in [0.15, 0.2) is 58.7 Å². The van der Waals surface area contributed by atoms with E-state index in [-0.39, 0.29) is 11.6 Å². The molecule has 0 spiro atoms. The number of rotatable bonds is 3. The van der Waals surface area contributed by atoms with Gasteiger partial charge in [0.05, 0.1) is 22.8 Å². The van der Waals surface area contributed by atoms with Gasteiger partial charge in [0.2, 0.25) is 0 Å². The minimum absolute atomic E-state index is 0.0555. The molecule has 0 fully saturated rings. The number of aromatic nitrogens is 2. The van der Waals surface area contributed by atoms with Crippen LogP contribution in [0.25, 0.3) is 21.5 Å². The molecule has 0 aliphatic rings. The first kappa shape index (κ1) is 17.9. The van der Waals surface area contributed by atoms with Gasteiger partial charge in [-0.05, 0) is 53.8 Å². The van der Waals surface area contributed by atoms with Gasteiger partial charge in [-0.25, -0.2) is 4.98 Å². The highest BCUT2D eigenvalue weighted by molar-refractivity contribution is 7.13. The third-order valence-corrected chi connectivity index (χ3v) is 5.99. The topological polar surface area (TPSA) is 60.9 Å². The Labute approximate surface area is 165 Å². The van der Waals surface area contributed by atoms with Crippen molar-refractivity contribution in [2.24, 2.45) is 12.8 Å². The van der Waals surface area contributed by atoms with E-state index in [9.17, 15) is 4.79 Å². The summed E-state index contributed by atoms with van der Waals surface area (Å²) in [7, 11) is 1.76. The minimum Gasteiger partial charge on any atom is -0.319 e. The first-order valence-corrected chi connectivity index (χ1v) is 9.77. The number of nitrogens with zero attached hydrogens (tertiary/aromatic N) is 2. The summed E-state index contributed by atoms with van der Waals surface area (Å²) in [6.07, 6.45) is 0. The van der Waals surface area contributed by atoms with Crippen molar-refractivity contribution in [2.75, 3.05) is 0 Å². The largest absolute Gasteiger partial charge is 0.319 e. The summed E-state index contributed by atoms with van der Waals surface area (Å²) in [5.74, 6) is 0. The number of hydrogen-bond donors (Lipinski definition) is 1. The Morgan fingerprint density at radius 1 is 1.15 bits per heavy atom. The second-order valence-electron chi connectivity index (χ2n) is 6.58. The van der Waals surface area contributed by atoms with E-state index in [1.807, 2.05) is 43.3 Å². The number of pyridine rings is 2. The molecule has 0 aliphatic heterocycles. The molecule has 27 heavy (non-hydrogen) atoms. The number of benzene rings is 1. The fourth-order valence-corrected chi connectivity index (χ4v) is 4.16. The summed E-state index contributed by atoms with van der Waals surface area (Å²) >= 11 is 7.59. The second-order valence-corrected chi connectivity index (χ2v) is 7.92. The van der Waals surface area contributed by atoms with Gasteiger partial charge in [0, 0.05) is 28.6 Å². The van der Waals surface area contributed by atoms with E-state index in [0.29, 0.717) is 5.02 Å². The summed E-state index contributed by atoms with van der Waals surface area (Å²) in [5, 5.41) is 2.74. The lowest BCUT2D eigenvalue weighted by atomic mass is 10.0. The quantitative estimate of drug-likeness (QED) is 0.548. The summed E-state index contributed by atoms with van der Waals surface area (Å²) in [4.78, 5) is 18.3. The third-order valence-electron chi connectivity index (χ3n) is 4.65. The van der Waals surface area contributed by atoms with Crippen LogP contribution >= 0.6 is 22.9 Å². The first-order valence-electron chi connectivity index (χ1n) is 8.51. The van der Waals surface area contributed by atoms with Crippen LogP contribution in [0.5, 0.6) is 0 Å². The molecule has 6 heteroatoms. The SMILES string of the molecule is Cc1csc(-c2cc(=O)n(C)c3ccc(C(N)c4ccc(Cl)cc4)nc23)c1. The van der Waals surface area contributed by atoms with Crippen LogP contribution in [0.4, 0.5) is 0 Å². The van der Waals surface area contributed by atoms with Gasteiger partial charge in [-0.1, -0.05) is 23.7 Å². The zero-order chi connectivity index (χ0) is 19.1. The summed E-state index contributed by atoms with van der Waals surface area (Å²) in [6, 6.07) is 14.6. The average molecular weight is 396 g/mol. The van der Waals surface area contributed by atoms with Gasteiger partial charge in [0.15, 0.2) is 0 Å². The van der Waals surface area contributed by atoms with Crippen LogP contribution in [-0.2, 0) is 7.05 Å². The number of nitrogens with two attached hydrogens (primary N) is 1. The molecule has 2 N–H and O–H groups in total. The molecular formula is C21H18ClN3OS. The Bertz CT molecular complexity index is 1190. The normalized spacial score (nSPS) is 12.4. The van der Waals surface area contributed by atoms with Crippen LogP contribution in [0.2, 0.25) is 5.02 Å². The predicted octanol–water partition coefficient (Wildman–Crippen LogP) is 4.67. The maximum atomic E-state index is 12.4. The van der Waals surface area contributed by atoms with E-state index in [4.69, 9.17) is 22.3 Å². The van der Waals surface area contributed by atoms with Gasteiger partial charge in [-0.15, -0.1) is 11.3 Å². The van der Waals surface area contributed by atoms with Crippen molar-refractivity contribution in [1.29, 1.82) is 0 Å². The molecule has 4 nitrogen and oxygen atoms in total. The molecular weight excluding hydrogens is 378 g/mol. The number of fused-ring (bicyclic) bond motifs is 1. The van der Waals surface area contributed by atoms with Crippen LogP contribution < -0.4 is 11.3 Å². The molecule has 4 rings (SSSR count). The van der Waals surface area contributed by atoms with Crippen LogP contribution in [0, 0.1) is 6.92 Å². The van der Waals surface area contributed by atoms with Crippen molar-refractivity contribution in [1.82, 2.24) is 9.55 Å². The van der Waals surface area contributed by atoms with Crippen molar-refractivity contribution in [3.63, 3.8) is 0 Å². The van der Waals surface area contributed by atoms with Crippen molar-refractivity contribution in [2.45, 2.75) is 13.0 Å². The molecule has 0 saturated carbocycles. The summed E-state index contributed by atoms with van der Waals surface area (Å²) in [6.45, 7) is 2.04. The van der Waals surface area contributed by atoms with Crippen molar-refractivity contribution < 1.29 is 0 Å². The van der Waals surface area contributed by atoms with E-state index >= 15 is 0 Å². The molecule has 136 valence electrons. The Hall–Kier alpha value is -2.47. The Morgan fingerprint density at radius 3 is 2.56 bits per heavy atom. The molecule has 3 aromatic heterocycles. The highest BCUT2D eigenvalue weighted by Crippen LogP contribution is 2.32. The van der Waals surface area contributed by atoms with Gasteiger partial charge in [0.25, 0.3) is 5.56 Å². The molecule has 3 heterocycles. The predicted molar refractivity (Wildman–Crippen MR) is 113 cm³/mol. The van der Waals surface area contributed by atoms with E-state index in [1.54, 1.807) is 29.0 Å². The number of hydrogen-bond acceptors (Lipinski definition) is 4. The Morgan fingerprint density at radius 2 is 1.89 bits per heavy atom. The van der Waals surface area contributed by atoms with Gasteiger partial charge < -0.3 is 10.3 Å². The molecule has 0 saturated heterocycles. The fourth-order valence-electron chi connectivity index (χ4n) is 3.12. The maximum Gasteiger partial charge on any atom is 0.251 e. The zero-order valence-corrected chi connectivity index (χ0v) is 16.5. The zero-order valence-electron chi connectivity index (χ0n) is 14.9. The monoisotopic (exact) mass is 395 g/mol.